The van der Waals surface area contributed by atoms with Gasteiger partial charge in [-0.2, -0.15) is 0 Å². The highest BCUT2D eigenvalue weighted by molar-refractivity contribution is 5.30. The molecule has 0 radical (unpaired) electrons. The van der Waals surface area contributed by atoms with E-state index in [-0.39, 0.29) is 0 Å². The van der Waals surface area contributed by atoms with Gasteiger partial charge in [0.2, 0.25) is 0 Å². The molecule has 1 aromatic carbocycles. The first kappa shape index (κ1) is 13.6. The molecule has 2 nitrogen and oxygen atoms in total. The molecule has 1 fully saturated rings. The second kappa shape index (κ2) is 5.41. The molecule has 0 spiro atoms. The molecule has 1 aliphatic rings. The summed E-state index contributed by atoms with van der Waals surface area (Å²) in [5, 5.41) is 3.53. The van der Waals surface area contributed by atoms with Gasteiger partial charge in [0.05, 0.1) is 0 Å². The highest BCUT2D eigenvalue weighted by Crippen LogP contribution is 2.24. The largest absolute Gasteiger partial charge is 0.314 e. The van der Waals surface area contributed by atoms with Gasteiger partial charge in [0.25, 0.3) is 0 Å². The van der Waals surface area contributed by atoms with E-state index in [2.05, 4.69) is 56.1 Å². The van der Waals surface area contributed by atoms with Crippen molar-refractivity contribution in [2.24, 2.45) is 0 Å². The van der Waals surface area contributed by atoms with Gasteiger partial charge in [-0.15, -0.1) is 0 Å². The molecule has 1 heterocycles. The van der Waals surface area contributed by atoms with Gasteiger partial charge in [-0.25, -0.2) is 0 Å². The highest BCUT2D eigenvalue weighted by atomic mass is 15.2. The van der Waals surface area contributed by atoms with Gasteiger partial charge in [-0.05, 0) is 38.3 Å². The molecule has 0 bridgehead atoms. The minimum Gasteiger partial charge on any atom is -0.314 e. The van der Waals surface area contributed by atoms with Crippen LogP contribution in [0.2, 0.25) is 0 Å². The van der Waals surface area contributed by atoms with Crippen LogP contribution in [-0.4, -0.2) is 30.1 Å². The van der Waals surface area contributed by atoms with Crippen molar-refractivity contribution < 1.29 is 0 Å². The zero-order valence-electron chi connectivity index (χ0n) is 12.2. The number of hydrogen-bond acceptors (Lipinski definition) is 2. The Morgan fingerprint density at radius 2 is 2.11 bits per heavy atom. The highest BCUT2D eigenvalue weighted by Gasteiger charge is 2.32. The van der Waals surface area contributed by atoms with Crippen molar-refractivity contribution in [3.05, 3.63) is 34.9 Å². The maximum absolute atomic E-state index is 3.53. The molecular weight excluding hydrogens is 220 g/mol. The summed E-state index contributed by atoms with van der Waals surface area (Å²) in [7, 11) is 0. The Labute approximate surface area is 111 Å². The van der Waals surface area contributed by atoms with Gasteiger partial charge in [-0.3, -0.25) is 4.90 Å². The van der Waals surface area contributed by atoms with Crippen molar-refractivity contribution >= 4 is 0 Å². The van der Waals surface area contributed by atoms with Crippen molar-refractivity contribution in [3.63, 3.8) is 0 Å². The van der Waals surface area contributed by atoms with Crippen LogP contribution in [0.5, 0.6) is 0 Å². The molecule has 1 aliphatic heterocycles. The molecule has 1 atom stereocenters. The van der Waals surface area contributed by atoms with E-state index < -0.39 is 0 Å². The van der Waals surface area contributed by atoms with E-state index >= 15 is 0 Å². The molecule has 18 heavy (non-hydrogen) atoms. The van der Waals surface area contributed by atoms with E-state index in [0.717, 1.165) is 26.2 Å². The van der Waals surface area contributed by atoms with Crippen LogP contribution in [-0.2, 0) is 6.54 Å². The number of nitrogens with one attached hydrogen (secondary N) is 1. The fourth-order valence-corrected chi connectivity index (χ4v) is 2.75. The van der Waals surface area contributed by atoms with E-state index in [1.54, 1.807) is 0 Å². The summed E-state index contributed by atoms with van der Waals surface area (Å²) in [6.45, 7) is 13.5. The summed E-state index contributed by atoms with van der Waals surface area (Å²) in [5.41, 5.74) is 4.56. The maximum Gasteiger partial charge on any atom is 0.0307 e. The third-order valence-corrected chi connectivity index (χ3v) is 4.46. The summed E-state index contributed by atoms with van der Waals surface area (Å²) in [6, 6.07) is 6.79. The number of rotatable bonds is 3. The number of hydrogen-bond donors (Lipinski definition) is 1. The molecule has 0 aromatic heterocycles. The van der Waals surface area contributed by atoms with Crippen LogP contribution in [0.4, 0.5) is 0 Å². The van der Waals surface area contributed by atoms with Crippen LogP contribution in [0, 0.1) is 13.8 Å². The minimum absolute atomic E-state index is 0.300. The summed E-state index contributed by atoms with van der Waals surface area (Å²) in [4.78, 5) is 2.64. The maximum atomic E-state index is 3.53. The molecule has 1 N–H and O–H groups in total. The topological polar surface area (TPSA) is 15.3 Å². The van der Waals surface area contributed by atoms with Crippen molar-refractivity contribution in [3.8, 4) is 0 Å². The lowest BCUT2D eigenvalue weighted by Gasteiger charge is -2.45. The Hall–Kier alpha value is -0.860. The number of benzene rings is 1. The van der Waals surface area contributed by atoms with E-state index in [9.17, 15) is 0 Å². The van der Waals surface area contributed by atoms with Gasteiger partial charge >= 0.3 is 0 Å². The molecule has 0 amide bonds. The average molecular weight is 246 g/mol. The Bertz CT molecular complexity index is 414. The second-order valence-electron chi connectivity index (χ2n) is 5.88. The molecule has 1 unspecified atom stereocenters. The Morgan fingerprint density at radius 1 is 1.33 bits per heavy atom. The molecule has 2 rings (SSSR count). The lowest BCUT2D eigenvalue weighted by molar-refractivity contribution is 0.0636. The first-order valence-electron chi connectivity index (χ1n) is 7.07. The van der Waals surface area contributed by atoms with Gasteiger partial charge in [0.15, 0.2) is 0 Å². The van der Waals surface area contributed by atoms with Crippen LogP contribution >= 0.6 is 0 Å². The molecule has 1 aromatic rings. The predicted molar refractivity (Wildman–Crippen MR) is 77.9 cm³/mol. The van der Waals surface area contributed by atoms with Crippen LogP contribution in [0.3, 0.4) is 0 Å². The number of nitrogens with zero attached hydrogens (tertiary/aromatic N) is 1. The zero-order valence-corrected chi connectivity index (χ0v) is 12.2. The van der Waals surface area contributed by atoms with E-state index in [1.165, 1.54) is 23.1 Å². The molecule has 100 valence electrons. The van der Waals surface area contributed by atoms with Crippen molar-refractivity contribution in [1.29, 1.82) is 0 Å². The molecule has 1 saturated heterocycles. The first-order valence-corrected chi connectivity index (χ1v) is 7.07. The van der Waals surface area contributed by atoms with Crippen LogP contribution in [0.25, 0.3) is 0 Å². The Kier molecular flexibility index (Phi) is 4.08. The Morgan fingerprint density at radius 3 is 2.83 bits per heavy atom. The van der Waals surface area contributed by atoms with Crippen LogP contribution < -0.4 is 5.32 Å². The van der Waals surface area contributed by atoms with Crippen LogP contribution in [0.15, 0.2) is 18.2 Å². The molecule has 0 aliphatic carbocycles. The van der Waals surface area contributed by atoms with Gasteiger partial charge in [-0.1, -0.05) is 30.7 Å². The van der Waals surface area contributed by atoms with Gasteiger partial charge in [0.1, 0.15) is 0 Å². The Balaban J connectivity index is 2.18. The van der Waals surface area contributed by atoms with Crippen molar-refractivity contribution in [1.82, 2.24) is 10.2 Å². The normalized spacial score (nSPS) is 25.3. The average Bonchev–Trinajstić information content (AvgIpc) is 2.36. The quantitative estimate of drug-likeness (QED) is 0.882. The van der Waals surface area contributed by atoms with E-state index in [1.807, 2.05) is 0 Å². The standard InChI is InChI=1S/C16H26N2/c1-5-16(4)12-17-8-9-18(16)11-15-10-13(2)6-7-14(15)3/h6-7,10,17H,5,8-9,11-12H2,1-4H3. The monoisotopic (exact) mass is 246 g/mol. The second-order valence-corrected chi connectivity index (χ2v) is 5.88. The van der Waals surface area contributed by atoms with Crippen molar-refractivity contribution in [2.45, 2.75) is 46.2 Å². The smallest absolute Gasteiger partial charge is 0.0307 e. The summed E-state index contributed by atoms with van der Waals surface area (Å²) >= 11 is 0. The minimum atomic E-state index is 0.300. The zero-order chi connectivity index (χ0) is 13.2. The first-order chi connectivity index (χ1) is 8.55. The third-order valence-electron chi connectivity index (χ3n) is 4.46. The van der Waals surface area contributed by atoms with Crippen molar-refractivity contribution in [2.75, 3.05) is 19.6 Å². The van der Waals surface area contributed by atoms with Crippen LogP contribution in [0.1, 0.15) is 37.0 Å². The summed E-state index contributed by atoms with van der Waals surface area (Å²) < 4.78 is 0. The lowest BCUT2D eigenvalue weighted by Crippen LogP contribution is -2.58. The van der Waals surface area contributed by atoms with Gasteiger partial charge in [0, 0.05) is 31.7 Å². The third kappa shape index (κ3) is 2.76. The fourth-order valence-electron chi connectivity index (χ4n) is 2.75. The predicted octanol–water partition coefficient (Wildman–Crippen LogP) is 2.88. The van der Waals surface area contributed by atoms with E-state index in [0.29, 0.717) is 5.54 Å². The molecule has 0 saturated carbocycles. The molecule has 2 heteroatoms. The summed E-state index contributed by atoms with van der Waals surface area (Å²) in [6.07, 6.45) is 1.20. The fraction of sp³-hybridized carbons (Fsp3) is 0.625. The number of aryl methyl sites for hydroxylation is 2. The van der Waals surface area contributed by atoms with E-state index in [4.69, 9.17) is 0 Å². The van der Waals surface area contributed by atoms with Gasteiger partial charge < -0.3 is 5.32 Å². The SMILES string of the molecule is CCC1(C)CNCCN1Cc1cc(C)ccc1C. The number of piperazine rings is 1. The molecular formula is C16H26N2. The lowest BCUT2D eigenvalue weighted by atomic mass is 9.92. The summed E-state index contributed by atoms with van der Waals surface area (Å²) in [5.74, 6) is 0.